The van der Waals surface area contributed by atoms with Gasteiger partial charge in [-0.15, -0.1) is 11.3 Å². The third kappa shape index (κ3) is 3.93. The molecular formula is C15H27NO3SSi. The normalized spacial score (nSPS) is 24.2. The summed E-state index contributed by atoms with van der Waals surface area (Å²) < 4.78 is 18.4. The molecule has 0 aliphatic carbocycles. The van der Waals surface area contributed by atoms with Crippen LogP contribution in [-0.4, -0.2) is 31.8 Å². The fraction of sp³-hybridized carbons (Fsp3) is 0.800. The molecular weight excluding hydrogens is 302 g/mol. The lowest BCUT2D eigenvalue weighted by Gasteiger charge is -2.40. The first kappa shape index (κ1) is 17.1. The van der Waals surface area contributed by atoms with Crippen LogP contribution in [0.1, 0.15) is 45.7 Å². The number of nitrogens with zero attached hydrogens (tertiary/aromatic N) is 1. The van der Waals surface area contributed by atoms with E-state index in [1.807, 2.05) is 25.4 Å². The Kier molecular flexibility index (Phi) is 4.67. The Morgan fingerprint density at radius 1 is 1.43 bits per heavy atom. The molecule has 2 heterocycles. The first-order chi connectivity index (χ1) is 9.52. The highest BCUT2D eigenvalue weighted by atomic mass is 32.1. The van der Waals surface area contributed by atoms with E-state index in [2.05, 4.69) is 38.8 Å². The second kappa shape index (κ2) is 5.74. The highest BCUT2D eigenvalue weighted by Gasteiger charge is 2.45. The number of hydrogen-bond acceptors (Lipinski definition) is 5. The topological polar surface area (TPSA) is 40.6 Å². The summed E-state index contributed by atoms with van der Waals surface area (Å²) >= 11 is 1.62. The van der Waals surface area contributed by atoms with Crippen molar-refractivity contribution < 1.29 is 13.9 Å². The van der Waals surface area contributed by atoms with Crippen molar-refractivity contribution in [1.82, 2.24) is 4.98 Å². The highest BCUT2D eigenvalue weighted by Crippen LogP contribution is 2.43. The Labute approximate surface area is 133 Å². The van der Waals surface area contributed by atoms with Gasteiger partial charge in [0, 0.05) is 11.6 Å². The smallest absolute Gasteiger partial charge is 0.193 e. The van der Waals surface area contributed by atoms with E-state index in [0.29, 0.717) is 6.61 Å². The molecule has 0 aromatic carbocycles. The van der Waals surface area contributed by atoms with E-state index in [4.69, 9.17) is 13.9 Å². The number of thiazole rings is 1. The van der Waals surface area contributed by atoms with Crippen LogP contribution in [0.25, 0.3) is 0 Å². The number of ether oxygens (including phenoxy) is 2. The van der Waals surface area contributed by atoms with Gasteiger partial charge in [-0.25, -0.2) is 4.98 Å². The van der Waals surface area contributed by atoms with Crippen molar-refractivity contribution in [3.63, 3.8) is 0 Å². The maximum atomic E-state index is 6.61. The van der Waals surface area contributed by atoms with Crippen LogP contribution in [0.4, 0.5) is 0 Å². The second-order valence-electron chi connectivity index (χ2n) is 7.54. The standard InChI is InChI=1S/C15H27NO3SSi/c1-14(2,3)21(6,7)19-12(13-16-8-9-20-13)11-10-17-15(4,5)18-11/h8-9,11-12H,10H2,1-7H3/t11-,12+/m0/s1. The minimum absolute atomic E-state index is 0.0970. The number of hydrogen-bond donors (Lipinski definition) is 0. The monoisotopic (exact) mass is 329 g/mol. The molecule has 21 heavy (non-hydrogen) atoms. The third-order valence-electron chi connectivity index (χ3n) is 4.29. The van der Waals surface area contributed by atoms with Crippen molar-refractivity contribution in [1.29, 1.82) is 0 Å². The quantitative estimate of drug-likeness (QED) is 0.770. The molecule has 2 atom stereocenters. The molecule has 1 aliphatic rings. The van der Waals surface area contributed by atoms with Gasteiger partial charge in [-0.05, 0) is 32.0 Å². The van der Waals surface area contributed by atoms with E-state index in [1.165, 1.54) is 0 Å². The molecule has 0 unspecified atom stereocenters. The zero-order valence-corrected chi connectivity index (χ0v) is 15.9. The van der Waals surface area contributed by atoms with Crippen molar-refractivity contribution in [2.45, 2.75) is 70.7 Å². The molecule has 1 fully saturated rings. The summed E-state index contributed by atoms with van der Waals surface area (Å²) in [5.41, 5.74) is 0. The molecule has 4 nitrogen and oxygen atoms in total. The molecule has 0 amide bonds. The second-order valence-corrected chi connectivity index (χ2v) is 13.2. The first-order valence-electron chi connectivity index (χ1n) is 7.41. The minimum Gasteiger partial charge on any atom is -0.405 e. The van der Waals surface area contributed by atoms with Gasteiger partial charge in [0.25, 0.3) is 0 Å². The van der Waals surface area contributed by atoms with E-state index in [-0.39, 0.29) is 17.2 Å². The van der Waals surface area contributed by atoms with Crippen molar-refractivity contribution in [3.05, 3.63) is 16.6 Å². The van der Waals surface area contributed by atoms with Gasteiger partial charge in [-0.1, -0.05) is 20.8 Å². The molecule has 6 heteroatoms. The van der Waals surface area contributed by atoms with Crippen molar-refractivity contribution in [2.24, 2.45) is 0 Å². The van der Waals surface area contributed by atoms with Gasteiger partial charge in [0.15, 0.2) is 14.1 Å². The van der Waals surface area contributed by atoms with Gasteiger partial charge in [0.2, 0.25) is 0 Å². The van der Waals surface area contributed by atoms with Gasteiger partial charge in [-0.2, -0.15) is 0 Å². The molecule has 0 N–H and O–H groups in total. The fourth-order valence-corrected chi connectivity index (χ4v) is 4.07. The van der Waals surface area contributed by atoms with E-state index < -0.39 is 14.1 Å². The highest BCUT2D eigenvalue weighted by molar-refractivity contribution is 7.09. The number of rotatable bonds is 4. The van der Waals surface area contributed by atoms with Crippen LogP contribution in [0.5, 0.6) is 0 Å². The van der Waals surface area contributed by atoms with Crippen molar-refractivity contribution in [2.75, 3.05) is 6.61 Å². The van der Waals surface area contributed by atoms with Crippen LogP contribution in [0.2, 0.25) is 18.1 Å². The average Bonchev–Trinajstić information content (AvgIpc) is 2.93. The van der Waals surface area contributed by atoms with Gasteiger partial charge >= 0.3 is 0 Å². The Morgan fingerprint density at radius 2 is 2.10 bits per heavy atom. The summed E-state index contributed by atoms with van der Waals surface area (Å²) in [6, 6.07) is 0. The fourth-order valence-electron chi connectivity index (χ4n) is 2.02. The van der Waals surface area contributed by atoms with Gasteiger partial charge < -0.3 is 13.9 Å². The lowest BCUT2D eigenvalue weighted by Crippen LogP contribution is -2.44. The lowest BCUT2D eigenvalue weighted by atomic mass is 10.2. The Morgan fingerprint density at radius 3 is 2.52 bits per heavy atom. The van der Waals surface area contributed by atoms with Crippen molar-refractivity contribution in [3.8, 4) is 0 Å². The zero-order chi connectivity index (χ0) is 15.9. The summed E-state index contributed by atoms with van der Waals surface area (Å²) in [6.07, 6.45) is 1.58. The van der Waals surface area contributed by atoms with Gasteiger partial charge in [0.05, 0.1) is 6.61 Å². The molecule has 120 valence electrons. The number of aromatic nitrogens is 1. The maximum Gasteiger partial charge on any atom is 0.193 e. The molecule has 1 aliphatic heterocycles. The third-order valence-corrected chi connectivity index (χ3v) is 9.58. The van der Waals surface area contributed by atoms with Crippen LogP contribution in [0.3, 0.4) is 0 Å². The predicted molar refractivity (Wildman–Crippen MR) is 88.0 cm³/mol. The zero-order valence-electron chi connectivity index (χ0n) is 14.1. The van der Waals surface area contributed by atoms with Crippen LogP contribution >= 0.6 is 11.3 Å². The van der Waals surface area contributed by atoms with Gasteiger partial charge in [0.1, 0.15) is 17.2 Å². The molecule has 0 saturated carbocycles. The minimum atomic E-state index is -1.91. The largest absolute Gasteiger partial charge is 0.405 e. The van der Waals surface area contributed by atoms with E-state index in [0.717, 1.165) is 5.01 Å². The summed E-state index contributed by atoms with van der Waals surface area (Å²) in [7, 11) is -1.91. The summed E-state index contributed by atoms with van der Waals surface area (Å²) in [5, 5.41) is 3.11. The Bertz CT molecular complexity index is 468. The van der Waals surface area contributed by atoms with E-state index in [9.17, 15) is 0 Å². The molecule has 1 saturated heterocycles. The molecule has 0 bridgehead atoms. The molecule has 0 spiro atoms. The van der Waals surface area contributed by atoms with Gasteiger partial charge in [-0.3, -0.25) is 0 Å². The van der Waals surface area contributed by atoms with Crippen LogP contribution in [0, 0.1) is 0 Å². The van der Waals surface area contributed by atoms with Crippen LogP contribution in [-0.2, 0) is 13.9 Å². The van der Waals surface area contributed by atoms with E-state index in [1.54, 1.807) is 11.3 Å². The SMILES string of the molecule is CC1(C)OC[C@@H]([C@@H](O[Si](C)(C)C(C)(C)C)c2nccs2)O1. The average molecular weight is 330 g/mol. The molecule has 2 rings (SSSR count). The summed E-state index contributed by atoms with van der Waals surface area (Å²) in [4.78, 5) is 4.46. The Balaban J connectivity index is 2.23. The molecule has 1 aromatic rings. The maximum absolute atomic E-state index is 6.61. The van der Waals surface area contributed by atoms with Crippen LogP contribution < -0.4 is 0 Å². The Hall–Kier alpha value is -0.273. The lowest BCUT2D eigenvalue weighted by molar-refractivity contribution is -0.150. The predicted octanol–water partition coefficient (Wildman–Crippen LogP) is 4.36. The first-order valence-corrected chi connectivity index (χ1v) is 11.2. The van der Waals surface area contributed by atoms with Crippen molar-refractivity contribution >= 4 is 19.7 Å². The summed E-state index contributed by atoms with van der Waals surface area (Å²) in [6.45, 7) is 15.7. The summed E-state index contributed by atoms with van der Waals surface area (Å²) in [5.74, 6) is -0.545. The van der Waals surface area contributed by atoms with E-state index >= 15 is 0 Å². The molecule has 0 radical (unpaired) electrons. The molecule has 1 aromatic heterocycles. The van der Waals surface area contributed by atoms with Crippen LogP contribution in [0.15, 0.2) is 11.6 Å².